The topological polar surface area (TPSA) is 0 Å². The fraction of sp³-hybridized carbons (Fsp3) is 0.778. The molecule has 0 unspecified atom stereocenters. The zero-order chi connectivity index (χ0) is 15.2. The van der Waals surface area contributed by atoms with Gasteiger partial charge in [-0.05, 0) is 20.8 Å². The van der Waals surface area contributed by atoms with Crippen molar-refractivity contribution in [2.75, 3.05) is 0 Å². The molecular weight excluding hydrogens is 279 g/mol. The maximum absolute atomic E-state index is 13.0. The second kappa shape index (κ2) is 4.34. The first-order chi connectivity index (χ1) is 7.57. The van der Waals surface area contributed by atoms with Crippen molar-refractivity contribution >= 4 is 0 Å². The van der Waals surface area contributed by atoms with E-state index in [4.69, 9.17) is 0 Å². The van der Waals surface area contributed by atoms with Crippen LogP contribution >= 0.6 is 0 Å². The quantitative estimate of drug-likeness (QED) is 0.654. The molecule has 0 radical (unpaired) electrons. The van der Waals surface area contributed by atoms with Crippen molar-refractivity contribution in [3.63, 3.8) is 0 Å². The first kappa shape index (κ1) is 17.1. The molecule has 0 amide bonds. The third kappa shape index (κ3) is 2.74. The summed E-state index contributed by atoms with van der Waals surface area (Å²) in [6.07, 6.45) is -6.58. The minimum atomic E-state index is -6.58. The normalized spacial score (nSPS) is 16.7. The Morgan fingerprint density at radius 2 is 1.11 bits per heavy atom. The maximum atomic E-state index is 13.0. The molecule has 0 aromatic heterocycles. The van der Waals surface area contributed by atoms with Gasteiger partial charge in [0.05, 0.1) is 0 Å². The van der Waals surface area contributed by atoms with E-state index in [1.165, 1.54) is 0 Å². The van der Waals surface area contributed by atoms with Crippen LogP contribution in [0.25, 0.3) is 0 Å². The molecule has 108 valence electrons. The zero-order valence-corrected chi connectivity index (χ0v) is 9.40. The number of hydrogen-bond acceptors (Lipinski definition) is 0. The predicted octanol–water partition coefficient (Wildman–Crippen LogP) is 4.81. The van der Waals surface area contributed by atoms with Crippen LogP contribution in [-0.4, -0.2) is 23.7 Å². The second-order valence-electron chi connectivity index (χ2n) is 4.06. The first-order valence-corrected chi connectivity index (χ1v) is 4.45. The van der Waals surface area contributed by atoms with Gasteiger partial charge in [0.15, 0.2) is 5.67 Å². The largest absolute Gasteiger partial charge is 0.460 e. The SMILES string of the molecule is CC(=C(F)C(C)(C)F)C(F)(F)C(F)(F)C(F)(F)F. The Balaban J connectivity index is 5.83. The zero-order valence-electron chi connectivity index (χ0n) is 9.40. The van der Waals surface area contributed by atoms with E-state index in [1.807, 2.05) is 0 Å². The van der Waals surface area contributed by atoms with E-state index in [-0.39, 0.29) is 6.92 Å². The van der Waals surface area contributed by atoms with Gasteiger partial charge in [0.1, 0.15) is 5.83 Å². The highest BCUT2D eigenvalue weighted by atomic mass is 19.4. The van der Waals surface area contributed by atoms with Gasteiger partial charge in [0.2, 0.25) is 0 Å². The van der Waals surface area contributed by atoms with Gasteiger partial charge in [-0.3, -0.25) is 0 Å². The van der Waals surface area contributed by atoms with Crippen LogP contribution in [0.3, 0.4) is 0 Å². The van der Waals surface area contributed by atoms with Crippen molar-refractivity contribution in [1.29, 1.82) is 0 Å². The summed E-state index contributed by atoms with van der Waals surface area (Å²) < 4.78 is 112. The lowest BCUT2D eigenvalue weighted by Crippen LogP contribution is -2.53. The Labute approximate surface area is 96.5 Å². The van der Waals surface area contributed by atoms with E-state index in [9.17, 15) is 39.5 Å². The molecule has 0 fully saturated rings. The fourth-order valence-electron chi connectivity index (χ4n) is 0.997. The van der Waals surface area contributed by atoms with E-state index in [2.05, 4.69) is 0 Å². The lowest BCUT2D eigenvalue weighted by atomic mass is 9.97. The van der Waals surface area contributed by atoms with E-state index >= 15 is 0 Å². The van der Waals surface area contributed by atoms with E-state index in [0.29, 0.717) is 13.8 Å². The van der Waals surface area contributed by atoms with Crippen LogP contribution in [0.5, 0.6) is 0 Å². The van der Waals surface area contributed by atoms with Crippen molar-refractivity contribution in [3.05, 3.63) is 11.4 Å². The summed E-state index contributed by atoms with van der Waals surface area (Å²) in [6.45, 7) is 0.803. The number of alkyl halides is 8. The molecule has 0 aliphatic carbocycles. The average molecular weight is 288 g/mol. The van der Waals surface area contributed by atoms with Crippen LogP contribution < -0.4 is 0 Å². The van der Waals surface area contributed by atoms with Crippen molar-refractivity contribution < 1.29 is 39.5 Å². The second-order valence-corrected chi connectivity index (χ2v) is 4.06. The van der Waals surface area contributed by atoms with Gasteiger partial charge in [0.25, 0.3) is 0 Å². The molecule has 0 spiro atoms. The molecular formula is C9H9F9. The molecule has 0 aromatic carbocycles. The summed E-state index contributed by atoms with van der Waals surface area (Å²) in [5.74, 6) is -14.7. The van der Waals surface area contributed by atoms with E-state index in [1.54, 1.807) is 0 Å². The minimum absolute atomic E-state index is 0.0175. The molecule has 0 heterocycles. The smallest absolute Gasteiger partial charge is 0.237 e. The van der Waals surface area contributed by atoms with Crippen LogP contribution in [0.2, 0.25) is 0 Å². The minimum Gasteiger partial charge on any atom is -0.237 e. The van der Waals surface area contributed by atoms with Crippen LogP contribution in [0.4, 0.5) is 39.5 Å². The van der Waals surface area contributed by atoms with Crippen molar-refractivity contribution in [1.82, 2.24) is 0 Å². The van der Waals surface area contributed by atoms with Crippen LogP contribution in [-0.2, 0) is 0 Å². The van der Waals surface area contributed by atoms with Crippen LogP contribution in [0.1, 0.15) is 20.8 Å². The van der Waals surface area contributed by atoms with Gasteiger partial charge < -0.3 is 0 Å². The highest BCUT2D eigenvalue weighted by Gasteiger charge is 2.74. The standard InChI is InChI=1S/C9H9F9/c1-4(5(10)6(2,3)11)7(12,13)8(14,15)9(16,17)18/h1-3H3. The molecule has 0 rings (SSSR count). The number of halogens is 9. The summed E-state index contributed by atoms with van der Waals surface area (Å²) >= 11 is 0. The molecule has 0 nitrogen and oxygen atoms in total. The third-order valence-electron chi connectivity index (χ3n) is 2.07. The summed E-state index contributed by atoms with van der Waals surface area (Å²) in [4.78, 5) is 0. The monoisotopic (exact) mass is 288 g/mol. The Bertz CT molecular complexity index is 342. The van der Waals surface area contributed by atoms with Gasteiger partial charge >= 0.3 is 18.0 Å². The predicted molar refractivity (Wildman–Crippen MR) is 44.9 cm³/mol. The average Bonchev–Trinajstić information content (AvgIpc) is 2.11. The van der Waals surface area contributed by atoms with Crippen molar-refractivity contribution in [2.24, 2.45) is 0 Å². The van der Waals surface area contributed by atoms with Gasteiger partial charge in [-0.2, -0.15) is 30.7 Å². The molecule has 0 N–H and O–H groups in total. The molecule has 0 aromatic rings. The van der Waals surface area contributed by atoms with E-state index < -0.39 is 35.1 Å². The highest BCUT2D eigenvalue weighted by molar-refractivity contribution is 5.24. The number of rotatable bonds is 3. The van der Waals surface area contributed by atoms with Gasteiger partial charge in [-0.1, -0.05) is 0 Å². The molecule has 0 aliphatic heterocycles. The van der Waals surface area contributed by atoms with Crippen LogP contribution in [0.15, 0.2) is 11.4 Å². The van der Waals surface area contributed by atoms with Gasteiger partial charge in [0, 0.05) is 5.57 Å². The Morgan fingerprint density at radius 3 is 1.33 bits per heavy atom. The highest BCUT2D eigenvalue weighted by Crippen LogP contribution is 2.51. The first-order valence-electron chi connectivity index (χ1n) is 4.45. The fourth-order valence-corrected chi connectivity index (χ4v) is 0.997. The lowest BCUT2D eigenvalue weighted by Gasteiger charge is -2.30. The summed E-state index contributed by atoms with van der Waals surface area (Å²) in [7, 11) is 0. The maximum Gasteiger partial charge on any atom is 0.460 e. The Hall–Kier alpha value is -0.890. The summed E-state index contributed by atoms with van der Waals surface area (Å²) in [5, 5.41) is 0. The summed E-state index contributed by atoms with van der Waals surface area (Å²) in [6, 6.07) is 0. The number of allylic oxidation sites excluding steroid dienone is 2. The van der Waals surface area contributed by atoms with Gasteiger partial charge in [-0.25, -0.2) is 8.78 Å². The van der Waals surface area contributed by atoms with Crippen molar-refractivity contribution in [2.45, 2.75) is 44.5 Å². The molecule has 9 heteroatoms. The molecule has 18 heavy (non-hydrogen) atoms. The number of hydrogen-bond donors (Lipinski definition) is 0. The third-order valence-corrected chi connectivity index (χ3v) is 2.07. The molecule has 0 saturated carbocycles. The lowest BCUT2D eigenvalue weighted by molar-refractivity contribution is -0.344. The molecule has 0 bridgehead atoms. The Kier molecular flexibility index (Phi) is 4.13. The van der Waals surface area contributed by atoms with Crippen molar-refractivity contribution in [3.8, 4) is 0 Å². The molecule has 0 aliphatic rings. The van der Waals surface area contributed by atoms with Crippen LogP contribution in [0, 0.1) is 0 Å². The Morgan fingerprint density at radius 1 is 0.778 bits per heavy atom. The van der Waals surface area contributed by atoms with E-state index in [0.717, 1.165) is 0 Å². The van der Waals surface area contributed by atoms with Gasteiger partial charge in [-0.15, -0.1) is 0 Å². The molecule has 0 atom stereocenters. The summed E-state index contributed by atoms with van der Waals surface area (Å²) in [5.41, 5.74) is -5.38. The molecule has 0 saturated heterocycles.